The molecule has 9 nitrogen and oxygen atoms in total. The lowest BCUT2D eigenvalue weighted by Crippen LogP contribution is -2.37. The number of benzene rings is 1. The molecule has 0 saturated carbocycles. The molecule has 1 fully saturated rings. The molecule has 1 aliphatic rings. The Kier molecular flexibility index (Phi) is 5.69. The van der Waals surface area contributed by atoms with Gasteiger partial charge in [-0.1, -0.05) is 17.2 Å². The minimum Gasteiger partial charge on any atom is -0.494 e. The second-order valence-electron chi connectivity index (χ2n) is 6.53. The van der Waals surface area contributed by atoms with E-state index in [-0.39, 0.29) is 6.54 Å². The van der Waals surface area contributed by atoms with Crippen LogP contribution in [0.15, 0.2) is 41.6 Å². The Balaban J connectivity index is 1.84. The molecular formula is C20H21N7O2. The van der Waals surface area contributed by atoms with Crippen molar-refractivity contribution in [3.63, 3.8) is 0 Å². The first-order valence-corrected chi connectivity index (χ1v) is 9.52. The minimum atomic E-state index is 0.228. The van der Waals surface area contributed by atoms with Gasteiger partial charge in [-0.3, -0.25) is 4.98 Å². The van der Waals surface area contributed by atoms with Gasteiger partial charge in [-0.25, -0.2) is 9.97 Å². The molecule has 148 valence electrons. The third-order valence-electron chi connectivity index (χ3n) is 4.60. The van der Waals surface area contributed by atoms with Crippen molar-refractivity contribution in [2.24, 2.45) is 5.11 Å². The van der Waals surface area contributed by atoms with E-state index in [2.05, 4.69) is 19.9 Å². The number of pyridine rings is 1. The Bertz CT molecular complexity index is 1060. The summed E-state index contributed by atoms with van der Waals surface area (Å²) in [5, 5.41) is 3.63. The van der Waals surface area contributed by atoms with Gasteiger partial charge in [0.25, 0.3) is 0 Å². The second-order valence-corrected chi connectivity index (χ2v) is 6.53. The number of hydrogen-bond donors (Lipinski definition) is 0. The number of aromatic nitrogens is 3. The van der Waals surface area contributed by atoms with Crippen molar-refractivity contribution in [1.82, 2.24) is 15.0 Å². The van der Waals surface area contributed by atoms with Crippen molar-refractivity contribution in [3.05, 3.63) is 52.5 Å². The number of fused-ring (bicyclic) bond motifs is 1. The number of hydrogen-bond acceptors (Lipinski definition) is 7. The van der Waals surface area contributed by atoms with Gasteiger partial charge in [-0.2, -0.15) is 0 Å². The van der Waals surface area contributed by atoms with Gasteiger partial charge in [0.15, 0.2) is 11.6 Å². The van der Waals surface area contributed by atoms with Crippen LogP contribution in [0.1, 0.15) is 12.5 Å². The van der Waals surface area contributed by atoms with E-state index in [1.54, 1.807) is 6.20 Å². The molecule has 1 aliphatic heterocycles. The predicted octanol–water partition coefficient (Wildman–Crippen LogP) is 3.74. The Labute approximate surface area is 167 Å². The van der Waals surface area contributed by atoms with Crippen molar-refractivity contribution in [2.75, 3.05) is 37.8 Å². The van der Waals surface area contributed by atoms with Gasteiger partial charge in [-0.15, -0.1) is 0 Å². The average molecular weight is 391 g/mol. The van der Waals surface area contributed by atoms with Crippen molar-refractivity contribution >= 4 is 16.9 Å². The van der Waals surface area contributed by atoms with E-state index in [1.165, 1.54) is 0 Å². The van der Waals surface area contributed by atoms with Crippen LogP contribution in [0.5, 0.6) is 5.75 Å². The minimum absolute atomic E-state index is 0.228. The van der Waals surface area contributed by atoms with Crippen LogP contribution in [-0.2, 0) is 11.3 Å². The van der Waals surface area contributed by atoms with E-state index in [4.69, 9.17) is 25.0 Å². The molecule has 0 unspecified atom stereocenters. The maximum absolute atomic E-state index is 8.60. The lowest BCUT2D eigenvalue weighted by Gasteiger charge is -2.28. The monoisotopic (exact) mass is 391 g/mol. The van der Waals surface area contributed by atoms with E-state index in [1.807, 2.05) is 37.3 Å². The van der Waals surface area contributed by atoms with Gasteiger partial charge in [0.05, 0.1) is 31.9 Å². The van der Waals surface area contributed by atoms with E-state index in [9.17, 15) is 0 Å². The summed E-state index contributed by atoms with van der Waals surface area (Å²) in [6.07, 6.45) is 1.71. The number of morpholine rings is 1. The van der Waals surface area contributed by atoms with Gasteiger partial charge in [0, 0.05) is 29.8 Å². The quantitative estimate of drug-likeness (QED) is 0.360. The maximum Gasteiger partial charge on any atom is 0.162 e. The summed E-state index contributed by atoms with van der Waals surface area (Å²) in [7, 11) is 0. The highest BCUT2D eigenvalue weighted by Crippen LogP contribution is 2.29. The first kappa shape index (κ1) is 18.9. The Morgan fingerprint density at radius 3 is 2.90 bits per heavy atom. The fourth-order valence-electron chi connectivity index (χ4n) is 3.26. The molecule has 3 heterocycles. The summed E-state index contributed by atoms with van der Waals surface area (Å²) >= 11 is 0. The molecule has 0 bridgehead atoms. The summed E-state index contributed by atoms with van der Waals surface area (Å²) in [5.41, 5.74) is 11.7. The van der Waals surface area contributed by atoms with Crippen LogP contribution in [0.3, 0.4) is 0 Å². The third kappa shape index (κ3) is 4.21. The normalized spacial score (nSPS) is 13.9. The van der Waals surface area contributed by atoms with Gasteiger partial charge >= 0.3 is 0 Å². The van der Waals surface area contributed by atoms with E-state index in [0.29, 0.717) is 31.2 Å². The summed E-state index contributed by atoms with van der Waals surface area (Å²) in [6.45, 7) is 5.55. The largest absolute Gasteiger partial charge is 0.494 e. The second kappa shape index (κ2) is 8.72. The SMILES string of the molecule is CCOc1cccc(-c2nc(N3CCOCC3)c3ncc(CN=[N+]=[N-])cc3n2)c1. The van der Waals surface area contributed by atoms with Crippen molar-refractivity contribution in [2.45, 2.75) is 13.5 Å². The molecule has 0 amide bonds. The molecular weight excluding hydrogens is 370 g/mol. The molecule has 0 spiro atoms. The zero-order valence-corrected chi connectivity index (χ0v) is 16.2. The van der Waals surface area contributed by atoms with Crippen LogP contribution in [0.2, 0.25) is 0 Å². The molecule has 1 aromatic carbocycles. The standard InChI is InChI=1S/C20H21N7O2/c1-2-29-16-5-3-4-15(11-16)19-24-17-10-14(13-23-26-21)12-22-18(17)20(25-19)27-6-8-28-9-7-27/h3-5,10-12H,2,6-9,13H2,1H3. The van der Waals surface area contributed by atoms with Crippen LogP contribution in [0.25, 0.3) is 32.9 Å². The van der Waals surface area contributed by atoms with Gasteiger partial charge in [0.2, 0.25) is 0 Å². The zero-order chi connectivity index (χ0) is 20.1. The number of azide groups is 1. The van der Waals surface area contributed by atoms with Crippen molar-refractivity contribution in [3.8, 4) is 17.1 Å². The summed E-state index contributed by atoms with van der Waals surface area (Å²) in [6, 6.07) is 9.64. The van der Waals surface area contributed by atoms with Crippen LogP contribution >= 0.6 is 0 Å². The molecule has 9 heteroatoms. The average Bonchev–Trinajstić information content (AvgIpc) is 2.77. The molecule has 3 aromatic rings. The molecule has 0 atom stereocenters. The van der Waals surface area contributed by atoms with E-state index < -0.39 is 0 Å². The molecule has 4 rings (SSSR count). The molecule has 2 aromatic heterocycles. The Hall–Kier alpha value is -3.42. The van der Waals surface area contributed by atoms with Crippen LogP contribution in [0, 0.1) is 0 Å². The smallest absolute Gasteiger partial charge is 0.162 e. The van der Waals surface area contributed by atoms with Crippen LogP contribution in [0.4, 0.5) is 5.82 Å². The highest BCUT2D eigenvalue weighted by Gasteiger charge is 2.19. The first-order valence-electron chi connectivity index (χ1n) is 9.52. The van der Waals surface area contributed by atoms with Crippen molar-refractivity contribution in [1.29, 1.82) is 0 Å². The third-order valence-corrected chi connectivity index (χ3v) is 4.60. The number of rotatable bonds is 6. The summed E-state index contributed by atoms with van der Waals surface area (Å²) in [5.74, 6) is 2.16. The van der Waals surface area contributed by atoms with Crippen molar-refractivity contribution < 1.29 is 9.47 Å². The number of nitrogens with zero attached hydrogens (tertiary/aromatic N) is 7. The molecule has 1 saturated heterocycles. The fraction of sp³-hybridized carbons (Fsp3) is 0.350. The van der Waals surface area contributed by atoms with E-state index >= 15 is 0 Å². The molecule has 29 heavy (non-hydrogen) atoms. The Morgan fingerprint density at radius 2 is 2.10 bits per heavy atom. The molecule has 0 aliphatic carbocycles. The number of ether oxygens (including phenoxy) is 2. The highest BCUT2D eigenvalue weighted by molar-refractivity contribution is 5.88. The van der Waals surface area contributed by atoms with E-state index in [0.717, 1.165) is 41.3 Å². The lowest BCUT2D eigenvalue weighted by atomic mass is 10.2. The summed E-state index contributed by atoms with van der Waals surface area (Å²) in [4.78, 5) is 19.2. The molecule has 0 radical (unpaired) electrons. The highest BCUT2D eigenvalue weighted by atomic mass is 16.5. The maximum atomic E-state index is 8.60. The first-order chi connectivity index (χ1) is 14.3. The number of anilines is 1. The van der Waals surface area contributed by atoms with Crippen LogP contribution < -0.4 is 9.64 Å². The fourth-order valence-corrected chi connectivity index (χ4v) is 3.26. The Morgan fingerprint density at radius 1 is 1.24 bits per heavy atom. The topological polar surface area (TPSA) is 109 Å². The van der Waals surface area contributed by atoms with Gasteiger partial charge in [-0.05, 0) is 36.2 Å². The summed E-state index contributed by atoms with van der Waals surface area (Å²) < 4.78 is 11.1. The zero-order valence-electron chi connectivity index (χ0n) is 16.2. The van der Waals surface area contributed by atoms with Gasteiger partial charge in [0.1, 0.15) is 11.3 Å². The predicted molar refractivity (Wildman–Crippen MR) is 110 cm³/mol. The lowest BCUT2D eigenvalue weighted by molar-refractivity contribution is 0.122. The molecule has 0 N–H and O–H groups in total. The van der Waals surface area contributed by atoms with Crippen LogP contribution in [-0.4, -0.2) is 47.9 Å². The van der Waals surface area contributed by atoms with Gasteiger partial charge < -0.3 is 14.4 Å².